The van der Waals surface area contributed by atoms with Crippen LogP contribution in [0, 0.1) is 13.8 Å². The molecular formula is C46H57N5O7. The number of carboxylic acid groups (broad SMARTS) is 1. The Balaban J connectivity index is 0.000000260. The number of ketones is 1. The molecule has 0 aliphatic carbocycles. The first kappa shape index (κ1) is 46.6. The van der Waals surface area contributed by atoms with E-state index >= 15 is 0 Å². The van der Waals surface area contributed by atoms with Gasteiger partial charge in [0.15, 0.2) is 5.78 Å². The van der Waals surface area contributed by atoms with Crippen LogP contribution in [0.3, 0.4) is 0 Å². The maximum atomic E-state index is 12.0. The third kappa shape index (κ3) is 16.0. The van der Waals surface area contributed by atoms with Crippen molar-refractivity contribution in [2.45, 2.75) is 86.9 Å². The Morgan fingerprint density at radius 1 is 0.672 bits per heavy atom. The van der Waals surface area contributed by atoms with Gasteiger partial charge in [-0.25, -0.2) is 14.8 Å². The van der Waals surface area contributed by atoms with E-state index < -0.39 is 5.97 Å². The zero-order valence-corrected chi connectivity index (χ0v) is 33.3. The lowest BCUT2D eigenvalue weighted by Gasteiger charge is -2.03. The lowest BCUT2D eigenvalue weighted by Crippen LogP contribution is -2.09. The first-order chi connectivity index (χ1) is 27.7. The van der Waals surface area contributed by atoms with Gasteiger partial charge >= 0.3 is 5.97 Å². The van der Waals surface area contributed by atoms with Gasteiger partial charge in [0, 0.05) is 42.3 Å². The number of carboxylic acids is 1. The highest BCUT2D eigenvalue weighted by Crippen LogP contribution is 2.24. The Labute approximate surface area is 341 Å². The predicted octanol–water partition coefficient (Wildman–Crippen LogP) is 8.75. The van der Waals surface area contributed by atoms with E-state index in [2.05, 4.69) is 45.9 Å². The van der Waals surface area contributed by atoms with Crippen LogP contribution in [-0.2, 0) is 58.0 Å². The molecule has 6 aromatic rings. The van der Waals surface area contributed by atoms with Crippen LogP contribution >= 0.6 is 0 Å². The van der Waals surface area contributed by atoms with Crippen LogP contribution in [0.2, 0.25) is 0 Å². The lowest BCUT2D eigenvalue weighted by molar-refractivity contribution is -0.142. The molecule has 0 aliphatic rings. The average molecular weight is 792 g/mol. The Morgan fingerprint density at radius 2 is 1.14 bits per heavy atom. The molecule has 308 valence electrons. The van der Waals surface area contributed by atoms with Gasteiger partial charge in [-0.05, 0) is 111 Å². The molecule has 0 atom stereocenters. The molecule has 0 bridgehead atoms. The molecule has 0 radical (unpaired) electrons. The number of hydrogen-bond donors (Lipinski definition) is 2. The zero-order valence-electron chi connectivity index (χ0n) is 33.3. The summed E-state index contributed by atoms with van der Waals surface area (Å²) < 4.78 is 21.9. The number of carbonyl (C=O) groups is 2. The number of rotatable bonds is 18. The summed E-state index contributed by atoms with van der Waals surface area (Å²) in [5, 5.41) is 8.52. The number of nitrogens with zero attached hydrogens (tertiary/aromatic N) is 4. The van der Waals surface area contributed by atoms with Crippen molar-refractivity contribution in [3.63, 3.8) is 0 Å². The van der Waals surface area contributed by atoms with Crippen molar-refractivity contribution >= 4 is 11.8 Å². The van der Waals surface area contributed by atoms with Crippen LogP contribution in [-0.4, -0.2) is 56.6 Å². The second-order valence-electron chi connectivity index (χ2n) is 13.2. The van der Waals surface area contributed by atoms with Crippen LogP contribution in [0.4, 0.5) is 0 Å². The van der Waals surface area contributed by atoms with E-state index in [1.54, 1.807) is 19.3 Å². The molecule has 12 nitrogen and oxygen atoms in total. The number of ether oxygens (including phenoxy) is 2. The smallest absolute Gasteiger partial charge is 0.329 e. The molecule has 0 saturated heterocycles. The van der Waals surface area contributed by atoms with Crippen molar-refractivity contribution in [1.29, 1.82) is 0 Å². The number of carbonyl (C=O) groups excluding carboxylic acids is 1. The van der Waals surface area contributed by atoms with E-state index in [-0.39, 0.29) is 39.6 Å². The maximum Gasteiger partial charge on any atom is 0.329 e. The van der Waals surface area contributed by atoms with Crippen LogP contribution < -0.4 is 5.73 Å². The minimum Gasteiger partial charge on any atom is -0.480 e. The molecular weight excluding hydrogens is 735 g/mol. The average Bonchev–Trinajstić information content (AvgIpc) is 3.80. The monoisotopic (exact) mass is 791 g/mol. The third-order valence-corrected chi connectivity index (χ3v) is 8.77. The lowest BCUT2D eigenvalue weighted by atomic mass is 10.1. The van der Waals surface area contributed by atoms with Gasteiger partial charge in [-0.3, -0.25) is 14.8 Å². The first-order valence-electron chi connectivity index (χ1n) is 19.2. The van der Waals surface area contributed by atoms with E-state index in [1.165, 1.54) is 16.7 Å². The number of Topliss-reactive ketones (excluding diaryl/α,β-unsaturated/α-hetero) is 1. The molecule has 0 saturated carbocycles. The number of aromatic nitrogens is 4. The Morgan fingerprint density at radius 3 is 1.55 bits per heavy atom. The summed E-state index contributed by atoms with van der Waals surface area (Å²) in [6.07, 6.45) is 12.3. The van der Waals surface area contributed by atoms with E-state index in [1.807, 2.05) is 80.0 Å². The van der Waals surface area contributed by atoms with Crippen LogP contribution in [0.5, 0.6) is 0 Å². The largest absolute Gasteiger partial charge is 0.480 e. The molecule has 0 fully saturated rings. The topological polar surface area (TPSA) is 177 Å². The van der Waals surface area contributed by atoms with Crippen molar-refractivity contribution in [3.8, 4) is 22.9 Å². The molecule has 4 aromatic heterocycles. The van der Waals surface area contributed by atoms with Gasteiger partial charge in [-0.15, -0.1) is 0 Å². The second-order valence-corrected chi connectivity index (χ2v) is 13.2. The summed E-state index contributed by atoms with van der Waals surface area (Å²) in [6, 6.07) is 24.1. The molecule has 12 heteroatoms. The van der Waals surface area contributed by atoms with Crippen molar-refractivity contribution in [2.24, 2.45) is 5.73 Å². The van der Waals surface area contributed by atoms with Crippen molar-refractivity contribution < 1.29 is 33.0 Å². The van der Waals surface area contributed by atoms with Crippen LogP contribution in [0.25, 0.3) is 22.9 Å². The molecule has 0 unspecified atom stereocenters. The van der Waals surface area contributed by atoms with Gasteiger partial charge in [-0.2, -0.15) is 0 Å². The number of hydrogen-bond acceptors (Lipinski definition) is 11. The second kappa shape index (κ2) is 25.4. The highest BCUT2D eigenvalue weighted by molar-refractivity contribution is 5.79. The number of pyridine rings is 2. The van der Waals surface area contributed by atoms with Gasteiger partial charge in [0.25, 0.3) is 0 Å². The quantitative estimate of drug-likeness (QED) is 0.0848. The SMILES string of the molecule is C.CCc1ccc(-c2nc(COCC(=O)CCCc3cccnc3)c(C)o2)cc1.CCc1ccc(-c2nc(COCC(=O)O)c(C)o2)cc1.NCCc1cccnc1. The highest BCUT2D eigenvalue weighted by atomic mass is 16.5. The highest BCUT2D eigenvalue weighted by Gasteiger charge is 2.14. The van der Waals surface area contributed by atoms with Gasteiger partial charge in [0.2, 0.25) is 11.8 Å². The van der Waals surface area contributed by atoms with E-state index in [9.17, 15) is 9.59 Å². The summed E-state index contributed by atoms with van der Waals surface area (Å²) in [4.78, 5) is 39.3. The van der Waals surface area contributed by atoms with Gasteiger partial charge in [0.05, 0.1) is 13.2 Å². The third-order valence-electron chi connectivity index (χ3n) is 8.77. The fourth-order valence-electron chi connectivity index (χ4n) is 5.45. The molecule has 2 aromatic carbocycles. The normalized spacial score (nSPS) is 10.4. The van der Waals surface area contributed by atoms with Gasteiger partial charge in [-0.1, -0.05) is 57.7 Å². The number of oxazole rings is 2. The van der Waals surface area contributed by atoms with Crippen molar-refractivity contribution in [3.05, 3.63) is 143 Å². The van der Waals surface area contributed by atoms with E-state index in [4.69, 9.17) is 29.1 Å². The van der Waals surface area contributed by atoms with Crippen molar-refractivity contribution in [1.82, 2.24) is 19.9 Å². The molecule has 0 aliphatic heterocycles. The Bertz CT molecular complexity index is 2060. The summed E-state index contributed by atoms with van der Waals surface area (Å²) in [7, 11) is 0. The minimum absolute atomic E-state index is 0. The maximum absolute atomic E-state index is 12.0. The fourth-order valence-corrected chi connectivity index (χ4v) is 5.45. The molecule has 6 rings (SSSR count). The number of aliphatic carboxylic acids is 1. The number of nitrogens with two attached hydrogens (primary N) is 1. The zero-order chi connectivity index (χ0) is 40.8. The Kier molecular flexibility index (Phi) is 20.4. The number of aryl methyl sites for hydroxylation is 5. The molecule has 58 heavy (non-hydrogen) atoms. The fraction of sp³-hybridized carbons (Fsp3) is 0.348. The van der Waals surface area contributed by atoms with Crippen LogP contribution in [0.15, 0.2) is 106 Å². The van der Waals surface area contributed by atoms with E-state index in [0.29, 0.717) is 36.2 Å². The van der Waals surface area contributed by atoms with E-state index in [0.717, 1.165) is 60.2 Å². The summed E-state index contributed by atoms with van der Waals surface area (Å²) in [6.45, 7) is 8.74. The van der Waals surface area contributed by atoms with Gasteiger partial charge in [0.1, 0.15) is 36.1 Å². The predicted molar refractivity (Wildman–Crippen MR) is 225 cm³/mol. The van der Waals surface area contributed by atoms with Crippen LogP contribution in [0.1, 0.15) is 79.3 Å². The standard InChI is InChI=1S/C23H26N2O3.C15H17NO4.C7H10N2.CH4/c1-3-18-9-11-20(12-10-18)23-25-22(17(2)28-23)16-27-15-21(26)8-4-6-19-7-5-13-24-14-19;1-3-11-4-6-12(7-5-11)15-16-13(10(2)20-15)8-19-9-14(17)18;8-4-3-7-2-1-5-9-6-7;/h5,7,9-14H,3-4,6,8,15-16H2,1-2H3;4-7H,3,8-9H2,1-2H3,(H,17,18);1-2,5-6H,3-4,8H2;1H4. The molecule has 4 heterocycles. The summed E-state index contributed by atoms with van der Waals surface area (Å²) >= 11 is 0. The summed E-state index contributed by atoms with van der Waals surface area (Å²) in [5.41, 5.74) is 13.4. The Hall–Kier alpha value is -5.82. The van der Waals surface area contributed by atoms with Gasteiger partial charge < -0.3 is 29.1 Å². The first-order valence-corrected chi connectivity index (χ1v) is 19.2. The molecule has 0 spiro atoms. The summed E-state index contributed by atoms with van der Waals surface area (Å²) in [5.74, 6) is 1.58. The van der Waals surface area contributed by atoms with Crippen molar-refractivity contribution in [2.75, 3.05) is 19.8 Å². The number of benzene rings is 2. The molecule has 0 amide bonds. The minimum atomic E-state index is -0.999. The molecule has 3 N–H and O–H groups in total.